The molecule has 33 heavy (non-hydrogen) atoms. The van der Waals surface area contributed by atoms with Gasteiger partial charge in [-0.1, -0.05) is 48.0 Å². The van der Waals surface area contributed by atoms with Crippen molar-refractivity contribution in [2.75, 3.05) is 13.2 Å². The molecule has 166 valence electrons. The Bertz CT molecular complexity index is 1420. The summed E-state index contributed by atoms with van der Waals surface area (Å²) >= 11 is 6.72. The fraction of sp³-hybridized carbons (Fsp3) is 0.231. The molecule has 2 aromatic carbocycles. The molecule has 0 radical (unpaired) electrons. The summed E-state index contributed by atoms with van der Waals surface area (Å²) in [6.45, 7) is 3.09. The van der Waals surface area contributed by atoms with E-state index < -0.39 is 0 Å². The molecule has 2 bridgehead atoms. The minimum atomic E-state index is -0.292. The second-order valence-electron chi connectivity index (χ2n) is 8.73. The first kappa shape index (κ1) is 20.4. The summed E-state index contributed by atoms with van der Waals surface area (Å²) < 4.78 is 22.1. The average Bonchev–Trinajstić information content (AvgIpc) is 3.53. The Morgan fingerprint density at radius 3 is 2.67 bits per heavy atom. The lowest BCUT2D eigenvalue weighted by Crippen LogP contribution is -2.41. The highest BCUT2D eigenvalue weighted by Crippen LogP contribution is 2.37. The number of aromatic nitrogens is 2. The first-order valence-corrected chi connectivity index (χ1v) is 11.3. The molecule has 0 N–H and O–H groups in total. The zero-order chi connectivity index (χ0) is 22.7. The lowest BCUT2D eigenvalue weighted by molar-refractivity contribution is 0.0259. The highest BCUT2D eigenvalue weighted by molar-refractivity contribution is 6.32. The molecule has 2 aliphatic rings. The van der Waals surface area contributed by atoms with Crippen LogP contribution in [0.1, 0.15) is 22.3 Å². The Kier molecular flexibility index (Phi) is 4.75. The van der Waals surface area contributed by atoms with Gasteiger partial charge in [-0.05, 0) is 42.7 Å². The molecular weight excluding hydrogens is 441 g/mol. The van der Waals surface area contributed by atoms with Gasteiger partial charge in [0.25, 0.3) is 5.91 Å². The maximum absolute atomic E-state index is 14.8. The SMILES string of the molecule is Cc1ccc(-c2ccccc2-c2nc3cc(C(=O)N4CC5C[C@H]4CO5)ccn3c2Cl)c(F)c1. The van der Waals surface area contributed by atoms with Crippen molar-refractivity contribution >= 4 is 23.2 Å². The number of likely N-dealkylation sites (tertiary alicyclic amines) is 1. The molecule has 0 aliphatic carbocycles. The Morgan fingerprint density at radius 1 is 1.12 bits per heavy atom. The van der Waals surface area contributed by atoms with Crippen LogP contribution in [0.4, 0.5) is 4.39 Å². The van der Waals surface area contributed by atoms with Gasteiger partial charge in [0.15, 0.2) is 0 Å². The molecule has 0 spiro atoms. The van der Waals surface area contributed by atoms with Crippen LogP contribution in [0.25, 0.3) is 28.0 Å². The monoisotopic (exact) mass is 461 g/mol. The summed E-state index contributed by atoms with van der Waals surface area (Å²) in [6.07, 6.45) is 2.81. The number of ether oxygens (including phenoxy) is 1. The number of hydrogen-bond acceptors (Lipinski definition) is 3. The summed E-state index contributed by atoms with van der Waals surface area (Å²) in [7, 11) is 0. The fourth-order valence-corrected chi connectivity index (χ4v) is 5.18. The molecule has 6 rings (SSSR count). The van der Waals surface area contributed by atoms with Gasteiger partial charge in [0.05, 0.1) is 18.8 Å². The van der Waals surface area contributed by atoms with Crippen molar-refractivity contribution in [3.05, 3.63) is 82.9 Å². The second kappa shape index (κ2) is 7.68. The highest BCUT2D eigenvalue weighted by atomic mass is 35.5. The second-order valence-corrected chi connectivity index (χ2v) is 9.08. The molecule has 2 saturated heterocycles. The summed E-state index contributed by atoms with van der Waals surface area (Å²) in [6, 6.07) is 16.4. The van der Waals surface area contributed by atoms with Gasteiger partial charge in [-0.25, -0.2) is 9.37 Å². The number of fused-ring (bicyclic) bond motifs is 3. The first-order chi connectivity index (χ1) is 16.0. The van der Waals surface area contributed by atoms with Crippen molar-refractivity contribution < 1.29 is 13.9 Å². The average molecular weight is 462 g/mol. The maximum Gasteiger partial charge on any atom is 0.254 e. The molecule has 0 saturated carbocycles. The molecule has 1 unspecified atom stereocenters. The van der Waals surface area contributed by atoms with Gasteiger partial charge >= 0.3 is 0 Å². The van der Waals surface area contributed by atoms with Crippen LogP contribution in [-0.4, -0.2) is 45.5 Å². The van der Waals surface area contributed by atoms with Crippen molar-refractivity contribution in [2.45, 2.75) is 25.5 Å². The van der Waals surface area contributed by atoms with Crippen LogP contribution in [0.15, 0.2) is 60.8 Å². The number of pyridine rings is 1. The predicted octanol–water partition coefficient (Wildman–Crippen LogP) is 5.38. The third-order valence-corrected chi connectivity index (χ3v) is 6.93. The molecular formula is C26H21ClFN3O2. The Labute approximate surface area is 195 Å². The molecule has 2 fully saturated rings. The lowest BCUT2D eigenvalue weighted by Gasteiger charge is -2.26. The predicted molar refractivity (Wildman–Crippen MR) is 125 cm³/mol. The van der Waals surface area contributed by atoms with Crippen LogP contribution in [0.3, 0.4) is 0 Å². The van der Waals surface area contributed by atoms with Crippen LogP contribution in [0.5, 0.6) is 0 Å². The van der Waals surface area contributed by atoms with E-state index in [1.807, 2.05) is 42.2 Å². The number of carbonyl (C=O) groups excluding carboxylic acids is 1. The topological polar surface area (TPSA) is 46.8 Å². The molecule has 1 amide bonds. The van der Waals surface area contributed by atoms with Crippen LogP contribution in [0.2, 0.25) is 5.15 Å². The third-order valence-electron chi connectivity index (χ3n) is 6.57. The van der Waals surface area contributed by atoms with Gasteiger partial charge in [0.2, 0.25) is 0 Å². The van der Waals surface area contributed by atoms with Crippen molar-refractivity contribution in [1.29, 1.82) is 0 Å². The first-order valence-electron chi connectivity index (χ1n) is 11.0. The summed E-state index contributed by atoms with van der Waals surface area (Å²) in [4.78, 5) is 19.7. The lowest BCUT2D eigenvalue weighted by atomic mass is 9.97. The van der Waals surface area contributed by atoms with Gasteiger partial charge in [-0.3, -0.25) is 9.20 Å². The number of rotatable bonds is 3. The molecule has 2 aliphatic heterocycles. The summed E-state index contributed by atoms with van der Waals surface area (Å²) in [5.74, 6) is -0.310. The van der Waals surface area contributed by atoms with E-state index in [4.69, 9.17) is 21.3 Å². The van der Waals surface area contributed by atoms with Crippen molar-refractivity contribution in [2.24, 2.45) is 0 Å². The van der Waals surface area contributed by atoms with Crippen LogP contribution in [0, 0.1) is 12.7 Å². The van der Waals surface area contributed by atoms with Gasteiger partial charge in [-0.2, -0.15) is 0 Å². The largest absolute Gasteiger partial charge is 0.374 e. The fourth-order valence-electron chi connectivity index (χ4n) is 4.90. The Hall–Kier alpha value is -3.22. The van der Waals surface area contributed by atoms with E-state index in [1.54, 1.807) is 28.8 Å². The molecule has 5 nitrogen and oxygen atoms in total. The number of hydrogen-bond donors (Lipinski definition) is 0. The normalized spacial score (nSPS) is 19.5. The van der Waals surface area contributed by atoms with E-state index in [0.29, 0.717) is 46.3 Å². The smallest absolute Gasteiger partial charge is 0.254 e. The Balaban J connectivity index is 1.42. The van der Waals surface area contributed by atoms with Gasteiger partial charge in [-0.15, -0.1) is 0 Å². The zero-order valence-corrected chi connectivity index (χ0v) is 18.7. The van der Waals surface area contributed by atoms with Gasteiger partial charge in [0.1, 0.15) is 22.3 Å². The highest BCUT2D eigenvalue weighted by Gasteiger charge is 2.41. The number of nitrogens with zero attached hydrogens (tertiary/aromatic N) is 3. The van der Waals surface area contributed by atoms with E-state index >= 15 is 0 Å². The van der Waals surface area contributed by atoms with E-state index in [0.717, 1.165) is 17.5 Å². The third kappa shape index (κ3) is 3.33. The minimum Gasteiger partial charge on any atom is -0.374 e. The molecule has 2 atom stereocenters. The van der Waals surface area contributed by atoms with Crippen molar-refractivity contribution in [1.82, 2.24) is 14.3 Å². The minimum absolute atomic E-state index is 0.0175. The quantitative estimate of drug-likeness (QED) is 0.411. The molecule has 4 heterocycles. The maximum atomic E-state index is 14.8. The number of imidazole rings is 1. The molecule has 2 aromatic heterocycles. The number of morpholine rings is 1. The van der Waals surface area contributed by atoms with E-state index in [-0.39, 0.29) is 23.9 Å². The van der Waals surface area contributed by atoms with Crippen LogP contribution in [-0.2, 0) is 4.74 Å². The number of aryl methyl sites for hydroxylation is 1. The Morgan fingerprint density at radius 2 is 1.94 bits per heavy atom. The number of benzene rings is 2. The summed E-state index contributed by atoms with van der Waals surface area (Å²) in [5, 5.41) is 0.414. The summed E-state index contributed by atoms with van der Waals surface area (Å²) in [5.41, 5.74) is 4.48. The van der Waals surface area contributed by atoms with E-state index in [9.17, 15) is 9.18 Å². The van der Waals surface area contributed by atoms with Gasteiger partial charge < -0.3 is 9.64 Å². The standard InChI is InChI=1S/C26H21ClFN3O2/c1-15-6-7-20(22(28)10-15)19-4-2-3-5-21(19)24-25(27)30-9-8-16(11-23(30)29-24)26(32)31-13-18-12-17(31)14-33-18/h2-11,17-18H,12-14H2,1H3/t17-,18?/m0/s1. The van der Waals surface area contributed by atoms with Crippen molar-refractivity contribution in [3.8, 4) is 22.4 Å². The van der Waals surface area contributed by atoms with Crippen LogP contribution < -0.4 is 0 Å². The number of carbonyl (C=O) groups is 1. The van der Waals surface area contributed by atoms with Crippen LogP contribution >= 0.6 is 11.6 Å². The molecule has 7 heteroatoms. The number of halogens is 2. The van der Waals surface area contributed by atoms with Crippen molar-refractivity contribution in [3.63, 3.8) is 0 Å². The van der Waals surface area contributed by atoms with Gasteiger partial charge in [0, 0.05) is 29.4 Å². The number of amides is 1. The van der Waals surface area contributed by atoms with E-state index in [2.05, 4.69) is 0 Å². The zero-order valence-electron chi connectivity index (χ0n) is 18.0. The molecule has 4 aromatic rings. The van der Waals surface area contributed by atoms with E-state index in [1.165, 1.54) is 6.07 Å².